The smallest absolute Gasteiger partial charge is 0.416 e. The molecule has 0 radical (unpaired) electrons. The van der Waals surface area contributed by atoms with Crippen LogP contribution in [0.2, 0.25) is 0 Å². The summed E-state index contributed by atoms with van der Waals surface area (Å²) in [7, 11) is 1.52. The molecule has 0 fully saturated rings. The van der Waals surface area contributed by atoms with Crippen LogP contribution in [0.5, 0.6) is 5.88 Å². The SMILES string of the molecule is CCN(CC)CCOc1cc(C(F)(F)F)cc(NC)n1. The van der Waals surface area contributed by atoms with Gasteiger partial charge in [0.2, 0.25) is 5.88 Å². The number of alkyl halides is 3. The van der Waals surface area contributed by atoms with Gasteiger partial charge in [-0.25, -0.2) is 0 Å². The highest BCUT2D eigenvalue weighted by Crippen LogP contribution is 2.32. The molecule has 1 N–H and O–H groups in total. The second-order valence-electron chi connectivity index (χ2n) is 4.20. The van der Waals surface area contributed by atoms with Crippen LogP contribution in [-0.4, -0.2) is 43.2 Å². The molecule has 0 amide bonds. The van der Waals surface area contributed by atoms with Crippen LogP contribution in [0.3, 0.4) is 0 Å². The fourth-order valence-corrected chi connectivity index (χ4v) is 1.69. The second-order valence-corrected chi connectivity index (χ2v) is 4.20. The van der Waals surface area contributed by atoms with Gasteiger partial charge >= 0.3 is 6.18 Å². The maximum absolute atomic E-state index is 12.7. The molecule has 0 spiro atoms. The molecule has 0 aromatic carbocycles. The van der Waals surface area contributed by atoms with E-state index in [-0.39, 0.29) is 11.7 Å². The van der Waals surface area contributed by atoms with Gasteiger partial charge in [-0.3, -0.25) is 0 Å². The van der Waals surface area contributed by atoms with E-state index in [1.54, 1.807) is 0 Å². The van der Waals surface area contributed by atoms with Crippen LogP contribution in [0.15, 0.2) is 12.1 Å². The topological polar surface area (TPSA) is 37.4 Å². The first kappa shape index (κ1) is 16.6. The standard InChI is InChI=1S/C13H20F3N3O/c1-4-19(5-2)6-7-20-12-9-10(13(14,15)16)8-11(17-3)18-12/h8-9H,4-7H2,1-3H3,(H,17,18). The Morgan fingerprint density at radius 2 is 1.90 bits per heavy atom. The summed E-state index contributed by atoms with van der Waals surface area (Å²) in [6, 6.07) is 1.88. The molecule has 114 valence electrons. The third-order valence-corrected chi connectivity index (χ3v) is 2.94. The molecule has 1 aromatic heterocycles. The van der Waals surface area contributed by atoms with Gasteiger partial charge in [-0.2, -0.15) is 18.2 Å². The Balaban J connectivity index is 2.74. The first-order chi connectivity index (χ1) is 9.40. The average Bonchev–Trinajstić information content (AvgIpc) is 2.42. The van der Waals surface area contributed by atoms with Gasteiger partial charge < -0.3 is 15.0 Å². The molecule has 7 heteroatoms. The molecule has 1 aromatic rings. The van der Waals surface area contributed by atoms with E-state index in [4.69, 9.17) is 4.74 Å². The van der Waals surface area contributed by atoms with Crippen molar-refractivity contribution in [2.24, 2.45) is 0 Å². The van der Waals surface area contributed by atoms with Crippen molar-refractivity contribution in [1.82, 2.24) is 9.88 Å². The molecule has 4 nitrogen and oxygen atoms in total. The summed E-state index contributed by atoms with van der Waals surface area (Å²) in [5.74, 6) is 0.119. The molecule has 0 saturated carbocycles. The summed E-state index contributed by atoms with van der Waals surface area (Å²) >= 11 is 0. The Bertz CT molecular complexity index is 420. The lowest BCUT2D eigenvalue weighted by Crippen LogP contribution is -2.28. The predicted molar refractivity (Wildman–Crippen MR) is 72.1 cm³/mol. The number of likely N-dealkylation sites (N-methyl/N-ethyl adjacent to an activating group) is 1. The average molecular weight is 291 g/mol. The van der Waals surface area contributed by atoms with Gasteiger partial charge in [0.1, 0.15) is 12.4 Å². The lowest BCUT2D eigenvalue weighted by molar-refractivity contribution is -0.137. The van der Waals surface area contributed by atoms with E-state index in [9.17, 15) is 13.2 Å². The van der Waals surface area contributed by atoms with E-state index < -0.39 is 11.7 Å². The maximum Gasteiger partial charge on any atom is 0.416 e. The Labute approximate surface area is 116 Å². The summed E-state index contributed by atoms with van der Waals surface area (Å²) in [6.45, 7) is 6.74. The molecule has 20 heavy (non-hydrogen) atoms. The van der Waals surface area contributed by atoms with E-state index in [1.165, 1.54) is 7.05 Å². The van der Waals surface area contributed by atoms with Gasteiger partial charge in [-0.05, 0) is 19.2 Å². The number of halogens is 3. The predicted octanol–water partition coefficient (Wildman–Crippen LogP) is 2.86. The number of anilines is 1. The number of hydrogen-bond donors (Lipinski definition) is 1. The van der Waals surface area contributed by atoms with Crippen molar-refractivity contribution < 1.29 is 17.9 Å². The fraction of sp³-hybridized carbons (Fsp3) is 0.615. The van der Waals surface area contributed by atoms with E-state index in [0.29, 0.717) is 13.2 Å². The first-order valence-corrected chi connectivity index (χ1v) is 6.52. The van der Waals surface area contributed by atoms with Crippen LogP contribution in [0, 0.1) is 0 Å². The Kier molecular flexibility index (Phi) is 6.06. The highest BCUT2D eigenvalue weighted by molar-refractivity contribution is 5.42. The molecule has 0 aliphatic heterocycles. The normalized spacial score (nSPS) is 11.8. The number of rotatable bonds is 7. The third kappa shape index (κ3) is 4.88. The van der Waals surface area contributed by atoms with Gasteiger partial charge in [0, 0.05) is 19.7 Å². The van der Waals surface area contributed by atoms with Gasteiger partial charge in [-0.1, -0.05) is 13.8 Å². The molecule has 1 heterocycles. The largest absolute Gasteiger partial charge is 0.476 e. The zero-order valence-electron chi connectivity index (χ0n) is 11.9. The van der Waals surface area contributed by atoms with E-state index in [0.717, 1.165) is 25.2 Å². The Hall–Kier alpha value is -1.50. The lowest BCUT2D eigenvalue weighted by atomic mass is 10.2. The maximum atomic E-state index is 12.7. The van der Waals surface area contributed by atoms with Crippen molar-refractivity contribution in [2.75, 3.05) is 38.6 Å². The highest BCUT2D eigenvalue weighted by Gasteiger charge is 2.31. The van der Waals surface area contributed by atoms with Gasteiger partial charge in [0.05, 0.1) is 5.56 Å². The number of nitrogens with zero attached hydrogens (tertiary/aromatic N) is 2. The third-order valence-electron chi connectivity index (χ3n) is 2.94. The minimum absolute atomic E-state index is 0.0173. The zero-order valence-corrected chi connectivity index (χ0v) is 11.9. The quantitative estimate of drug-likeness (QED) is 0.838. The van der Waals surface area contributed by atoms with Crippen molar-refractivity contribution in [3.8, 4) is 5.88 Å². The molecule has 0 atom stereocenters. The summed E-state index contributed by atoms with van der Waals surface area (Å²) in [5.41, 5.74) is -0.769. The molecule has 0 unspecified atom stereocenters. The van der Waals surface area contributed by atoms with Crippen LogP contribution in [0.4, 0.5) is 19.0 Å². The van der Waals surface area contributed by atoms with E-state index in [2.05, 4.69) is 15.2 Å². The van der Waals surface area contributed by atoms with Crippen LogP contribution in [0.1, 0.15) is 19.4 Å². The molecular weight excluding hydrogens is 271 g/mol. The number of aromatic nitrogens is 1. The summed E-state index contributed by atoms with van der Waals surface area (Å²) in [4.78, 5) is 6.08. The fourth-order valence-electron chi connectivity index (χ4n) is 1.69. The molecular formula is C13H20F3N3O. The van der Waals surface area contributed by atoms with Crippen molar-refractivity contribution in [3.05, 3.63) is 17.7 Å². The molecule has 1 rings (SSSR count). The van der Waals surface area contributed by atoms with Gasteiger partial charge in [-0.15, -0.1) is 0 Å². The molecule has 0 saturated heterocycles. The zero-order chi connectivity index (χ0) is 15.2. The van der Waals surface area contributed by atoms with E-state index in [1.807, 2.05) is 13.8 Å². The lowest BCUT2D eigenvalue weighted by Gasteiger charge is -2.18. The minimum atomic E-state index is -4.41. The van der Waals surface area contributed by atoms with Crippen LogP contribution in [0.25, 0.3) is 0 Å². The summed E-state index contributed by atoms with van der Waals surface area (Å²) in [5, 5.41) is 2.60. The van der Waals surface area contributed by atoms with Gasteiger partial charge in [0.15, 0.2) is 0 Å². The van der Waals surface area contributed by atoms with Crippen molar-refractivity contribution in [1.29, 1.82) is 0 Å². The van der Waals surface area contributed by atoms with Gasteiger partial charge in [0.25, 0.3) is 0 Å². The van der Waals surface area contributed by atoms with Crippen LogP contribution >= 0.6 is 0 Å². The number of ether oxygens (including phenoxy) is 1. The molecule has 0 aliphatic rings. The molecule has 0 bridgehead atoms. The first-order valence-electron chi connectivity index (χ1n) is 6.52. The monoisotopic (exact) mass is 291 g/mol. The minimum Gasteiger partial charge on any atom is -0.476 e. The number of hydrogen-bond acceptors (Lipinski definition) is 4. The van der Waals surface area contributed by atoms with Crippen molar-refractivity contribution in [2.45, 2.75) is 20.0 Å². The van der Waals surface area contributed by atoms with Crippen LogP contribution in [-0.2, 0) is 6.18 Å². The second kappa shape index (κ2) is 7.33. The van der Waals surface area contributed by atoms with Crippen molar-refractivity contribution >= 4 is 5.82 Å². The highest BCUT2D eigenvalue weighted by atomic mass is 19.4. The van der Waals surface area contributed by atoms with Crippen LogP contribution < -0.4 is 10.1 Å². The number of pyridine rings is 1. The van der Waals surface area contributed by atoms with E-state index >= 15 is 0 Å². The Morgan fingerprint density at radius 3 is 2.40 bits per heavy atom. The molecule has 0 aliphatic carbocycles. The Morgan fingerprint density at radius 1 is 1.25 bits per heavy atom. The summed E-state index contributed by atoms with van der Waals surface area (Å²) in [6.07, 6.45) is -4.41. The summed E-state index contributed by atoms with van der Waals surface area (Å²) < 4.78 is 43.5. The van der Waals surface area contributed by atoms with Crippen molar-refractivity contribution in [3.63, 3.8) is 0 Å². The number of nitrogens with one attached hydrogen (secondary N) is 1.